The molecule has 6 heteroatoms. The Kier molecular flexibility index (Phi) is 4.03. The van der Waals surface area contributed by atoms with Gasteiger partial charge < -0.3 is 10.6 Å². The molecule has 0 aliphatic carbocycles. The average molecular weight is 202 g/mol. The van der Waals surface area contributed by atoms with Crippen LogP contribution in [0.4, 0.5) is 20.4 Å². The molecule has 0 saturated carbocycles. The van der Waals surface area contributed by atoms with Gasteiger partial charge in [-0.1, -0.05) is 0 Å². The number of rotatable bonds is 5. The summed E-state index contributed by atoms with van der Waals surface area (Å²) >= 11 is 0. The van der Waals surface area contributed by atoms with Gasteiger partial charge in [-0.2, -0.15) is 0 Å². The zero-order chi connectivity index (χ0) is 10.4. The molecule has 0 aliphatic heterocycles. The van der Waals surface area contributed by atoms with Crippen LogP contribution in [0.5, 0.6) is 0 Å². The molecule has 1 heterocycles. The van der Waals surface area contributed by atoms with Crippen molar-refractivity contribution in [2.75, 3.05) is 23.7 Å². The van der Waals surface area contributed by atoms with Crippen LogP contribution in [0.2, 0.25) is 0 Å². The second-order valence-corrected chi connectivity index (χ2v) is 2.59. The summed E-state index contributed by atoms with van der Waals surface area (Å²) in [5.41, 5.74) is 0. The summed E-state index contributed by atoms with van der Waals surface area (Å²) in [7, 11) is 0. The van der Waals surface area contributed by atoms with Gasteiger partial charge >= 0.3 is 0 Å². The first-order valence-corrected chi connectivity index (χ1v) is 4.30. The number of nitrogens with zero attached hydrogens (tertiary/aromatic N) is 2. The van der Waals surface area contributed by atoms with E-state index in [1.54, 1.807) is 6.07 Å². The van der Waals surface area contributed by atoms with Crippen molar-refractivity contribution in [3.05, 3.63) is 12.4 Å². The Bertz CT molecular complexity index is 280. The molecular formula is C8H12F2N4. The molecule has 1 aromatic rings. The summed E-state index contributed by atoms with van der Waals surface area (Å²) in [5, 5.41) is 5.46. The van der Waals surface area contributed by atoms with Gasteiger partial charge in [-0.15, -0.1) is 0 Å². The third kappa shape index (κ3) is 3.51. The molecule has 2 N–H and O–H groups in total. The summed E-state index contributed by atoms with van der Waals surface area (Å²) in [6.07, 6.45) is -1.06. The van der Waals surface area contributed by atoms with E-state index in [0.717, 1.165) is 6.54 Å². The summed E-state index contributed by atoms with van der Waals surface area (Å²) in [4.78, 5) is 7.70. The molecule has 0 amide bonds. The van der Waals surface area contributed by atoms with E-state index in [0.29, 0.717) is 11.6 Å². The fourth-order valence-electron chi connectivity index (χ4n) is 0.913. The summed E-state index contributed by atoms with van der Waals surface area (Å²) in [6.45, 7) is 2.25. The van der Waals surface area contributed by atoms with Crippen molar-refractivity contribution in [2.24, 2.45) is 0 Å². The van der Waals surface area contributed by atoms with Crippen LogP contribution in [0.15, 0.2) is 12.4 Å². The molecule has 0 bridgehead atoms. The molecule has 0 aliphatic rings. The first kappa shape index (κ1) is 10.6. The van der Waals surface area contributed by atoms with Crippen LogP contribution in [-0.2, 0) is 0 Å². The van der Waals surface area contributed by atoms with E-state index in [9.17, 15) is 8.78 Å². The van der Waals surface area contributed by atoms with Crippen molar-refractivity contribution in [3.63, 3.8) is 0 Å². The molecule has 0 atom stereocenters. The van der Waals surface area contributed by atoms with Crippen molar-refractivity contribution in [1.82, 2.24) is 9.97 Å². The molecule has 0 spiro atoms. The van der Waals surface area contributed by atoms with Gasteiger partial charge in [0.2, 0.25) is 0 Å². The first-order chi connectivity index (χ1) is 6.72. The summed E-state index contributed by atoms with van der Waals surface area (Å²) < 4.78 is 23.7. The van der Waals surface area contributed by atoms with Crippen LogP contribution in [0.3, 0.4) is 0 Å². The molecular weight excluding hydrogens is 190 g/mol. The molecule has 1 aromatic heterocycles. The fraction of sp³-hybridized carbons (Fsp3) is 0.500. The molecule has 0 aromatic carbocycles. The third-order valence-electron chi connectivity index (χ3n) is 1.46. The lowest BCUT2D eigenvalue weighted by Crippen LogP contribution is -2.11. The Labute approximate surface area is 80.8 Å². The van der Waals surface area contributed by atoms with Gasteiger partial charge in [0.1, 0.15) is 18.0 Å². The van der Waals surface area contributed by atoms with Gasteiger partial charge in [0.05, 0.1) is 6.54 Å². The second-order valence-electron chi connectivity index (χ2n) is 2.59. The molecule has 0 radical (unpaired) electrons. The molecule has 0 saturated heterocycles. The van der Waals surface area contributed by atoms with Crippen LogP contribution in [0.1, 0.15) is 6.92 Å². The third-order valence-corrected chi connectivity index (χ3v) is 1.46. The van der Waals surface area contributed by atoms with Crippen molar-refractivity contribution in [1.29, 1.82) is 0 Å². The number of alkyl halides is 2. The van der Waals surface area contributed by atoms with Crippen LogP contribution >= 0.6 is 0 Å². The highest BCUT2D eigenvalue weighted by Gasteiger charge is 2.02. The van der Waals surface area contributed by atoms with Crippen LogP contribution in [0.25, 0.3) is 0 Å². The maximum atomic E-state index is 11.8. The van der Waals surface area contributed by atoms with Crippen molar-refractivity contribution < 1.29 is 8.78 Å². The number of nitrogens with one attached hydrogen (secondary N) is 2. The Morgan fingerprint density at radius 3 is 2.50 bits per heavy atom. The highest BCUT2D eigenvalue weighted by Crippen LogP contribution is 2.08. The van der Waals surface area contributed by atoms with Gasteiger partial charge in [0.15, 0.2) is 0 Å². The highest BCUT2D eigenvalue weighted by molar-refractivity contribution is 5.46. The number of hydrogen-bond donors (Lipinski definition) is 2. The molecule has 78 valence electrons. The SMILES string of the molecule is CCNc1cc(NCC(F)F)ncn1. The normalized spacial score (nSPS) is 10.3. The molecule has 0 unspecified atom stereocenters. The number of anilines is 2. The molecule has 0 fully saturated rings. The topological polar surface area (TPSA) is 49.8 Å². The highest BCUT2D eigenvalue weighted by atomic mass is 19.3. The summed E-state index contributed by atoms with van der Waals surface area (Å²) in [5.74, 6) is 1.02. The second kappa shape index (κ2) is 5.31. The zero-order valence-corrected chi connectivity index (χ0v) is 7.80. The van der Waals surface area contributed by atoms with E-state index >= 15 is 0 Å². The predicted octanol–water partition coefficient (Wildman–Crippen LogP) is 1.59. The fourth-order valence-corrected chi connectivity index (χ4v) is 0.913. The Morgan fingerprint density at radius 2 is 1.93 bits per heavy atom. The quantitative estimate of drug-likeness (QED) is 0.761. The van der Waals surface area contributed by atoms with Crippen LogP contribution in [0, 0.1) is 0 Å². The van der Waals surface area contributed by atoms with Crippen molar-refractivity contribution in [2.45, 2.75) is 13.3 Å². The van der Waals surface area contributed by atoms with E-state index in [-0.39, 0.29) is 0 Å². The van der Waals surface area contributed by atoms with Crippen molar-refractivity contribution in [3.8, 4) is 0 Å². The largest absolute Gasteiger partial charge is 0.370 e. The van der Waals surface area contributed by atoms with Crippen LogP contribution in [-0.4, -0.2) is 29.5 Å². The molecule has 4 nitrogen and oxygen atoms in total. The smallest absolute Gasteiger partial charge is 0.255 e. The van der Waals surface area contributed by atoms with E-state index in [1.807, 2.05) is 6.92 Å². The Morgan fingerprint density at radius 1 is 1.29 bits per heavy atom. The predicted molar refractivity (Wildman–Crippen MR) is 50.7 cm³/mol. The monoisotopic (exact) mass is 202 g/mol. The molecule has 14 heavy (non-hydrogen) atoms. The zero-order valence-electron chi connectivity index (χ0n) is 7.80. The Hall–Kier alpha value is -1.46. The minimum absolute atomic E-state index is 0.399. The van der Waals surface area contributed by atoms with E-state index in [1.165, 1.54) is 6.33 Å². The summed E-state index contributed by atoms with van der Waals surface area (Å²) in [6, 6.07) is 1.59. The number of aromatic nitrogens is 2. The van der Waals surface area contributed by atoms with E-state index in [2.05, 4.69) is 20.6 Å². The van der Waals surface area contributed by atoms with E-state index in [4.69, 9.17) is 0 Å². The first-order valence-electron chi connectivity index (χ1n) is 4.30. The minimum Gasteiger partial charge on any atom is -0.370 e. The van der Waals surface area contributed by atoms with Gasteiger partial charge in [0, 0.05) is 12.6 Å². The lowest BCUT2D eigenvalue weighted by atomic mass is 10.5. The van der Waals surface area contributed by atoms with Crippen molar-refractivity contribution >= 4 is 11.6 Å². The van der Waals surface area contributed by atoms with Gasteiger partial charge in [0.25, 0.3) is 6.43 Å². The number of halogens is 2. The Balaban J connectivity index is 2.54. The van der Waals surface area contributed by atoms with Gasteiger partial charge in [-0.05, 0) is 6.92 Å². The molecule has 1 rings (SSSR count). The lowest BCUT2D eigenvalue weighted by Gasteiger charge is -2.06. The maximum absolute atomic E-state index is 11.8. The average Bonchev–Trinajstić information content (AvgIpc) is 2.16. The lowest BCUT2D eigenvalue weighted by molar-refractivity contribution is 0.163. The van der Waals surface area contributed by atoms with Crippen LogP contribution < -0.4 is 10.6 Å². The van der Waals surface area contributed by atoms with E-state index < -0.39 is 13.0 Å². The minimum atomic E-state index is -2.38. The number of hydrogen-bond acceptors (Lipinski definition) is 4. The van der Waals surface area contributed by atoms with Gasteiger partial charge in [-0.3, -0.25) is 0 Å². The maximum Gasteiger partial charge on any atom is 0.255 e. The standard InChI is InChI=1S/C8H12F2N4/c1-2-11-7-3-8(14-5-13-7)12-4-6(9)10/h3,5-6H,2,4H2,1H3,(H2,11,12,13,14). The van der Waals surface area contributed by atoms with Gasteiger partial charge in [-0.25, -0.2) is 18.7 Å².